The zero-order valence-electron chi connectivity index (χ0n) is 16.0. The molecule has 0 saturated heterocycles. The van der Waals surface area contributed by atoms with Crippen molar-refractivity contribution >= 4 is 45.1 Å². The summed E-state index contributed by atoms with van der Waals surface area (Å²) >= 11 is 4.39. The van der Waals surface area contributed by atoms with Crippen molar-refractivity contribution in [3.8, 4) is 11.1 Å². The number of aryl methyl sites for hydroxylation is 1. The first-order chi connectivity index (χ1) is 13.8. The van der Waals surface area contributed by atoms with Gasteiger partial charge in [-0.1, -0.05) is 46.3 Å². The number of carbonyl (C=O) groups excluding carboxylic acids is 2. The molecular formula is C21H19BrF2N2O2S. The Labute approximate surface area is 180 Å². The number of hydrogen-bond acceptors (Lipinski definition) is 4. The number of halogens is 3. The fourth-order valence-corrected chi connectivity index (χ4v) is 3.81. The summed E-state index contributed by atoms with van der Waals surface area (Å²) in [5.41, 5.74) is 1.96. The zero-order chi connectivity index (χ0) is 21.6. The Morgan fingerprint density at radius 2 is 1.76 bits per heavy atom. The molecule has 0 fully saturated rings. The van der Waals surface area contributed by atoms with Crippen molar-refractivity contribution in [3.05, 3.63) is 68.6 Å². The molecule has 29 heavy (non-hydrogen) atoms. The van der Waals surface area contributed by atoms with Gasteiger partial charge < -0.3 is 9.69 Å². The van der Waals surface area contributed by atoms with Gasteiger partial charge in [0.25, 0.3) is 12.3 Å². The monoisotopic (exact) mass is 480 g/mol. The molecule has 0 N–H and O–H groups in total. The molecule has 0 unspecified atom stereocenters. The van der Waals surface area contributed by atoms with Gasteiger partial charge in [-0.25, -0.2) is 13.8 Å². The van der Waals surface area contributed by atoms with Crippen LogP contribution in [-0.4, -0.2) is 24.2 Å². The summed E-state index contributed by atoms with van der Waals surface area (Å²) in [6.07, 6.45) is -2.03. The third kappa shape index (κ3) is 5.55. The van der Waals surface area contributed by atoms with Gasteiger partial charge in [0.15, 0.2) is 0 Å². The molecule has 0 aliphatic carbocycles. The number of alkyl halides is 2. The lowest BCUT2D eigenvalue weighted by atomic mass is 10.0. The molecule has 0 spiro atoms. The third-order valence-corrected chi connectivity index (χ3v) is 5.39. The molecule has 1 heterocycles. The van der Waals surface area contributed by atoms with Gasteiger partial charge in [0.05, 0.1) is 10.7 Å². The summed E-state index contributed by atoms with van der Waals surface area (Å²) in [5, 5.41) is 0.443. The minimum atomic E-state index is -2.78. The standard InChI is InChI=1S/C19H15BrF2N2OS.C2H4O/c1-11-23-16(18(21)22)17(26-11)19(25)24(2)15-6-4-3-5-14(15)12-7-9-13(20)10-8-12;1-2-3/h3-10,18H,1-2H3;2H,1H3. The minimum Gasteiger partial charge on any atom is -0.310 e. The van der Waals surface area contributed by atoms with Crippen LogP contribution in [0.3, 0.4) is 0 Å². The van der Waals surface area contributed by atoms with Gasteiger partial charge in [-0.15, -0.1) is 11.3 Å². The minimum absolute atomic E-state index is 0.0226. The molecule has 1 amide bonds. The predicted molar refractivity (Wildman–Crippen MR) is 116 cm³/mol. The van der Waals surface area contributed by atoms with Crippen molar-refractivity contribution in [2.45, 2.75) is 20.3 Å². The normalized spacial score (nSPS) is 10.3. The zero-order valence-corrected chi connectivity index (χ0v) is 18.4. The van der Waals surface area contributed by atoms with Crippen LogP contribution in [0.1, 0.15) is 33.7 Å². The molecule has 0 saturated carbocycles. The second-order valence-corrected chi connectivity index (χ2v) is 7.99. The third-order valence-electron chi connectivity index (χ3n) is 3.89. The van der Waals surface area contributed by atoms with E-state index in [1.165, 1.54) is 11.8 Å². The number of anilines is 1. The Balaban J connectivity index is 0.000000941. The molecule has 152 valence electrons. The molecule has 3 rings (SSSR count). The fraction of sp³-hybridized carbons (Fsp3) is 0.190. The Morgan fingerprint density at radius 1 is 1.17 bits per heavy atom. The van der Waals surface area contributed by atoms with Gasteiger partial charge >= 0.3 is 0 Å². The van der Waals surface area contributed by atoms with Crippen LogP contribution in [0.5, 0.6) is 0 Å². The Kier molecular flexibility index (Phi) is 8.16. The number of benzene rings is 2. The highest BCUT2D eigenvalue weighted by Gasteiger charge is 2.27. The summed E-state index contributed by atoms with van der Waals surface area (Å²) in [4.78, 5) is 26.9. The predicted octanol–water partition coefficient (Wildman–Crippen LogP) is 6.30. The van der Waals surface area contributed by atoms with E-state index in [4.69, 9.17) is 4.79 Å². The van der Waals surface area contributed by atoms with E-state index in [2.05, 4.69) is 20.9 Å². The highest BCUT2D eigenvalue weighted by atomic mass is 79.9. The van der Waals surface area contributed by atoms with Crippen LogP contribution in [0.4, 0.5) is 14.5 Å². The second-order valence-electron chi connectivity index (χ2n) is 5.87. The van der Waals surface area contributed by atoms with Crippen LogP contribution in [-0.2, 0) is 4.79 Å². The van der Waals surface area contributed by atoms with Crippen molar-refractivity contribution in [1.29, 1.82) is 0 Å². The second kappa shape index (κ2) is 10.4. The molecular weight excluding hydrogens is 462 g/mol. The van der Waals surface area contributed by atoms with Gasteiger partial charge in [-0.2, -0.15) is 0 Å². The van der Waals surface area contributed by atoms with Gasteiger partial charge in [0.1, 0.15) is 16.9 Å². The number of para-hydroxylation sites is 1. The van der Waals surface area contributed by atoms with E-state index in [0.717, 1.165) is 33.2 Å². The van der Waals surface area contributed by atoms with E-state index < -0.39 is 18.0 Å². The van der Waals surface area contributed by atoms with E-state index in [1.54, 1.807) is 20.0 Å². The topological polar surface area (TPSA) is 50.3 Å². The molecule has 3 aromatic rings. The SMILES string of the molecule is CC=O.Cc1nc(C(F)F)c(C(=O)N(C)c2ccccc2-c2ccc(Br)cc2)s1. The average Bonchev–Trinajstić information content (AvgIpc) is 3.10. The van der Waals surface area contributed by atoms with Gasteiger partial charge in [-0.05, 0) is 37.6 Å². The smallest absolute Gasteiger partial charge is 0.282 e. The number of aromatic nitrogens is 1. The van der Waals surface area contributed by atoms with Gasteiger partial charge in [-0.3, -0.25) is 4.79 Å². The average molecular weight is 481 g/mol. The molecule has 4 nitrogen and oxygen atoms in total. The maximum absolute atomic E-state index is 13.2. The maximum atomic E-state index is 13.2. The Hall–Kier alpha value is -2.45. The number of amides is 1. The Bertz CT molecular complexity index is 991. The number of aldehydes is 1. The molecule has 2 aromatic carbocycles. The quantitative estimate of drug-likeness (QED) is 0.411. The maximum Gasteiger partial charge on any atom is 0.282 e. The number of rotatable bonds is 4. The molecule has 0 aliphatic heterocycles. The first-order valence-corrected chi connectivity index (χ1v) is 10.2. The van der Waals surface area contributed by atoms with Gasteiger partial charge in [0.2, 0.25) is 0 Å². The van der Waals surface area contributed by atoms with Crippen LogP contribution in [0.15, 0.2) is 53.0 Å². The summed E-state index contributed by atoms with van der Waals surface area (Å²) in [6, 6.07) is 15.1. The van der Waals surface area contributed by atoms with Crippen molar-refractivity contribution < 1.29 is 18.4 Å². The first kappa shape index (κ1) is 22.8. The lowest BCUT2D eigenvalue weighted by Crippen LogP contribution is -2.27. The number of thiazole rings is 1. The molecule has 1 aromatic heterocycles. The highest BCUT2D eigenvalue weighted by molar-refractivity contribution is 9.10. The van der Waals surface area contributed by atoms with Crippen molar-refractivity contribution in [2.75, 3.05) is 11.9 Å². The van der Waals surface area contributed by atoms with Crippen LogP contribution >= 0.6 is 27.3 Å². The van der Waals surface area contributed by atoms with E-state index in [0.29, 0.717) is 10.7 Å². The summed E-state index contributed by atoms with van der Waals surface area (Å²) in [7, 11) is 1.59. The number of carbonyl (C=O) groups is 2. The van der Waals surface area contributed by atoms with Crippen molar-refractivity contribution in [1.82, 2.24) is 4.98 Å². The molecule has 0 atom stereocenters. The van der Waals surface area contributed by atoms with Crippen LogP contribution in [0.25, 0.3) is 11.1 Å². The molecule has 0 bridgehead atoms. The molecule has 0 aliphatic rings. The number of hydrogen-bond donors (Lipinski definition) is 0. The van der Waals surface area contributed by atoms with E-state index in [-0.39, 0.29) is 4.88 Å². The van der Waals surface area contributed by atoms with E-state index >= 15 is 0 Å². The summed E-state index contributed by atoms with van der Waals surface area (Å²) in [5.74, 6) is -0.490. The summed E-state index contributed by atoms with van der Waals surface area (Å²) in [6.45, 7) is 3.06. The van der Waals surface area contributed by atoms with Crippen LogP contribution in [0.2, 0.25) is 0 Å². The molecule has 8 heteroatoms. The van der Waals surface area contributed by atoms with Crippen LogP contribution < -0.4 is 4.90 Å². The lowest BCUT2D eigenvalue weighted by molar-refractivity contribution is -0.106. The van der Waals surface area contributed by atoms with Gasteiger partial charge in [0, 0.05) is 17.1 Å². The first-order valence-electron chi connectivity index (χ1n) is 8.58. The highest BCUT2D eigenvalue weighted by Crippen LogP contribution is 2.34. The Morgan fingerprint density at radius 3 is 2.34 bits per heavy atom. The van der Waals surface area contributed by atoms with Crippen LogP contribution in [0, 0.1) is 6.92 Å². The number of nitrogens with zero attached hydrogens (tertiary/aromatic N) is 2. The van der Waals surface area contributed by atoms with E-state index in [1.807, 2.05) is 42.5 Å². The van der Waals surface area contributed by atoms with Crippen molar-refractivity contribution in [2.24, 2.45) is 0 Å². The fourth-order valence-electron chi connectivity index (χ4n) is 2.65. The largest absolute Gasteiger partial charge is 0.310 e. The summed E-state index contributed by atoms with van der Waals surface area (Å²) < 4.78 is 27.4. The molecule has 0 radical (unpaired) electrons. The lowest BCUT2D eigenvalue weighted by Gasteiger charge is -2.20. The van der Waals surface area contributed by atoms with E-state index in [9.17, 15) is 13.6 Å². The van der Waals surface area contributed by atoms with Crippen molar-refractivity contribution in [3.63, 3.8) is 0 Å².